The summed E-state index contributed by atoms with van der Waals surface area (Å²) in [5.74, 6) is 0.210. The van der Waals surface area contributed by atoms with Gasteiger partial charge in [0.05, 0.1) is 16.7 Å². The van der Waals surface area contributed by atoms with E-state index in [0.717, 1.165) is 12.2 Å². The maximum atomic E-state index is 12.3. The molecule has 0 radical (unpaired) electrons. The van der Waals surface area contributed by atoms with E-state index in [4.69, 9.17) is 4.74 Å². The molecule has 1 aromatic rings. The van der Waals surface area contributed by atoms with Gasteiger partial charge in [-0.25, -0.2) is 0 Å². The lowest BCUT2D eigenvalue weighted by Crippen LogP contribution is -2.43. The molecule has 0 saturated carbocycles. The second kappa shape index (κ2) is 6.03. The zero-order valence-electron chi connectivity index (χ0n) is 12.6. The van der Waals surface area contributed by atoms with Gasteiger partial charge in [0, 0.05) is 20.1 Å². The van der Waals surface area contributed by atoms with E-state index >= 15 is 0 Å². The van der Waals surface area contributed by atoms with Gasteiger partial charge in [-0.1, -0.05) is 6.07 Å². The van der Waals surface area contributed by atoms with Gasteiger partial charge >= 0.3 is 0 Å². The Labute approximate surface area is 124 Å². The van der Waals surface area contributed by atoms with Gasteiger partial charge in [0.25, 0.3) is 5.91 Å². The van der Waals surface area contributed by atoms with Gasteiger partial charge in [-0.05, 0) is 26.0 Å². The lowest BCUT2D eigenvalue weighted by Gasteiger charge is -2.24. The molecule has 3 N–H and O–H groups in total. The third kappa shape index (κ3) is 3.26. The van der Waals surface area contributed by atoms with Gasteiger partial charge in [0.15, 0.2) is 5.75 Å². The molecule has 2 amide bonds. The van der Waals surface area contributed by atoms with Crippen LogP contribution in [0.1, 0.15) is 24.2 Å². The van der Waals surface area contributed by atoms with Gasteiger partial charge in [0.2, 0.25) is 5.91 Å². The molecule has 0 aromatic heterocycles. The second-order valence-electron chi connectivity index (χ2n) is 5.60. The minimum absolute atomic E-state index is 0.115. The standard InChI is InChI=1S/C15H21N3O3/c1-15(2,14(20)16-3)9-18-13(19)10-5-4-6-11-12(10)21-8-7-17-11/h4-6,17H,7-9H2,1-3H3,(H,16,20)(H,18,19). The van der Waals surface area contributed by atoms with E-state index in [-0.39, 0.29) is 18.4 Å². The topological polar surface area (TPSA) is 79.5 Å². The molecule has 1 aliphatic rings. The molecule has 21 heavy (non-hydrogen) atoms. The van der Waals surface area contributed by atoms with Crippen molar-refractivity contribution >= 4 is 17.5 Å². The quantitative estimate of drug-likeness (QED) is 0.773. The number of carbonyl (C=O) groups excluding carboxylic acids is 2. The zero-order valence-corrected chi connectivity index (χ0v) is 12.6. The van der Waals surface area contributed by atoms with Crippen molar-refractivity contribution in [1.29, 1.82) is 0 Å². The first-order valence-corrected chi connectivity index (χ1v) is 6.96. The molecule has 6 heteroatoms. The monoisotopic (exact) mass is 291 g/mol. The normalized spacial score (nSPS) is 13.5. The third-order valence-electron chi connectivity index (χ3n) is 3.46. The number of anilines is 1. The molecular formula is C15H21N3O3. The fraction of sp³-hybridized carbons (Fsp3) is 0.467. The first-order chi connectivity index (χ1) is 9.95. The van der Waals surface area contributed by atoms with Crippen LogP contribution in [-0.2, 0) is 4.79 Å². The number of benzene rings is 1. The van der Waals surface area contributed by atoms with Crippen molar-refractivity contribution in [3.8, 4) is 5.75 Å². The number of amides is 2. The molecule has 0 spiro atoms. The Bertz CT molecular complexity index is 555. The van der Waals surface area contributed by atoms with Crippen molar-refractivity contribution < 1.29 is 14.3 Å². The molecule has 0 aliphatic carbocycles. The summed E-state index contributed by atoms with van der Waals surface area (Å²) in [6.07, 6.45) is 0. The Morgan fingerprint density at radius 2 is 2.14 bits per heavy atom. The summed E-state index contributed by atoms with van der Waals surface area (Å²) in [5, 5.41) is 8.58. The Hall–Kier alpha value is -2.24. The Kier molecular flexibility index (Phi) is 4.35. The van der Waals surface area contributed by atoms with Crippen LogP contribution in [0.5, 0.6) is 5.75 Å². The smallest absolute Gasteiger partial charge is 0.255 e. The molecule has 0 fully saturated rings. The van der Waals surface area contributed by atoms with Crippen molar-refractivity contribution in [3.63, 3.8) is 0 Å². The largest absolute Gasteiger partial charge is 0.489 e. The summed E-state index contributed by atoms with van der Waals surface area (Å²) in [6.45, 7) is 5.07. The van der Waals surface area contributed by atoms with E-state index < -0.39 is 5.41 Å². The molecular weight excluding hydrogens is 270 g/mol. The molecule has 0 atom stereocenters. The van der Waals surface area contributed by atoms with Crippen molar-refractivity contribution in [3.05, 3.63) is 23.8 Å². The Balaban J connectivity index is 2.10. The highest BCUT2D eigenvalue weighted by Crippen LogP contribution is 2.31. The van der Waals surface area contributed by atoms with Gasteiger partial charge in [0.1, 0.15) is 6.61 Å². The molecule has 114 valence electrons. The summed E-state index contributed by atoms with van der Waals surface area (Å²) >= 11 is 0. The molecule has 6 nitrogen and oxygen atoms in total. The molecule has 1 aromatic carbocycles. The van der Waals surface area contributed by atoms with Crippen LogP contribution in [-0.4, -0.2) is 38.6 Å². The molecule has 0 unspecified atom stereocenters. The minimum atomic E-state index is -0.668. The number of hydrogen-bond donors (Lipinski definition) is 3. The van der Waals surface area contributed by atoms with Crippen LogP contribution in [0.15, 0.2) is 18.2 Å². The first kappa shape index (κ1) is 15.2. The van der Waals surface area contributed by atoms with Crippen LogP contribution in [0.3, 0.4) is 0 Å². The number of nitrogens with one attached hydrogen (secondary N) is 3. The van der Waals surface area contributed by atoms with Gasteiger partial charge in [-0.2, -0.15) is 0 Å². The van der Waals surface area contributed by atoms with E-state index in [1.54, 1.807) is 33.0 Å². The Morgan fingerprint density at radius 1 is 1.38 bits per heavy atom. The molecule has 0 bridgehead atoms. The van der Waals surface area contributed by atoms with Crippen LogP contribution in [0.25, 0.3) is 0 Å². The SMILES string of the molecule is CNC(=O)C(C)(C)CNC(=O)c1cccc2c1OCCN2. The van der Waals surface area contributed by atoms with Crippen molar-refractivity contribution in [1.82, 2.24) is 10.6 Å². The first-order valence-electron chi connectivity index (χ1n) is 6.96. The highest BCUT2D eigenvalue weighted by molar-refractivity contribution is 5.99. The predicted octanol–water partition coefficient (Wildman–Crippen LogP) is 0.993. The fourth-order valence-corrected chi connectivity index (χ4v) is 2.16. The average Bonchev–Trinajstić information content (AvgIpc) is 2.51. The third-order valence-corrected chi connectivity index (χ3v) is 3.46. The lowest BCUT2D eigenvalue weighted by molar-refractivity contribution is -0.128. The van der Waals surface area contributed by atoms with Crippen LogP contribution in [0, 0.1) is 5.41 Å². The summed E-state index contributed by atoms with van der Waals surface area (Å²) in [5.41, 5.74) is 0.630. The molecule has 2 rings (SSSR count). The van der Waals surface area contributed by atoms with E-state index in [2.05, 4.69) is 16.0 Å². The lowest BCUT2D eigenvalue weighted by atomic mass is 9.92. The van der Waals surface area contributed by atoms with Crippen molar-refractivity contribution in [2.45, 2.75) is 13.8 Å². The summed E-state index contributed by atoms with van der Waals surface area (Å²) < 4.78 is 5.57. The summed E-state index contributed by atoms with van der Waals surface area (Å²) in [6, 6.07) is 5.40. The van der Waals surface area contributed by atoms with E-state index in [1.807, 2.05) is 6.07 Å². The number of rotatable bonds is 4. The van der Waals surface area contributed by atoms with E-state index in [0.29, 0.717) is 17.9 Å². The van der Waals surface area contributed by atoms with Crippen molar-refractivity contribution in [2.24, 2.45) is 5.41 Å². The highest BCUT2D eigenvalue weighted by Gasteiger charge is 2.28. The van der Waals surface area contributed by atoms with Gasteiger partial charge < -0.3 is 20.7 Å². The predicted molar refractivity (Wildman–Crippen MR) is 80.6 cm³/mol. The summed E-state index contributed by atoms with van der Waals surface area (Å²) in [4.78, 5) is 24.0. The summed E-state index contributed by atoms with van der Waals surface area (Å²) in [7, 11) is 1.58. The zero-order chi connectivity index (χ0) is 15.5. The van der Waals surface area contributed by atoms with E-state index in [9.17, 15) is 9.59 Å². The second-order valence-corrected chi connectivity index (χ2v) is 5.60. The number of ether oxygens (including phenoxy) is 1. The van der Waals surface area contributed by atoms with Crippen LogP contribution in [0.4, 0.5) is 5.69 Å². The number of carbonyl (C=O) groups is 2. The highest BCUT2D eigenvalue weighted by atomic mass is 16.5. The van der Waals surface area contributed by atoms with Crippen molar-refractivity contribution in [2.75, 3.05) is 32.1 Å². The minimum Gasteiger partial charge on any atom is -0.489 e. The van der Waals surface area contributed by atoms with Crippen LogP contribution in [0.2, 0.25) is 0 Å². The number of fused-ring (bicyclic) bond motifs is 1. The maximum absolute atomic E-state index is 12.3. The average molecular weight is 291 g/mol. The van der Waals surface area contributed by atoms with E-state index in [1.165, 1.54) is 0 Å². The Morgan fingerprint density at radius 3 is 2.86 bits per heavy atom. The maximum Gasteiger partial charge on any atom is 0.255 e. The number of para-hydroxylation sites is 1. The molecule has 1 aliphatic heterocycles. The van der Waals surface area contributed by atoms with Gasteiger partial charge in [-0.3, -0.25) is 9.59 Å². The van der Waals surface area contributed by atoms with Crippen LogP contribution >= 0.6 is 0 Å². The molecule has 1 heterocycles. The number of hydrogen-bond acceptors (Lipinski definition) is 4. The van der Waals surface area contributed by atoms with Gasteiger partial charge in [-0.15, -0.1) is 0 Å². The fourth-order valence-electron chi connectivity index (χ4n) is 2.16. The van der Waals surface area contributed by atoms with Crippen LogP contribution < -0.4 is 20.7 Å². The molecule has 0 saturated heterocycles.